The third-order valence-electron chi connectivity index (χ3n) is 1.91. The van der Waals surface area contributed by atoms with Gasteiger partial charge in [0.15, 0.2) is 0 Å². The topological polar surface area (TPSA) is 0 Å². The van der Waals surface area contributed by atoms with Crippen molar-refractivity contribution in [2.75, 3.05) is 0 Å². The van der Waals surface area contributed by atoms with E-state index in [4.69, 9.17) is 0 Å². The minimum absolute atomic E-state index is 0.233. The van der Waals surface area contributed by atoms with E-state index >= 15 is 0 Å². The zero-order valence-corrected chi connectivity index (χ0v) is 10.2. The van der Waals surface area contributed by atoms with Crippen molar-refractivity contribution in [2.24, 2.45) is 0 Å². The fourth-order valence-corrected chi connectivity index (χ4v) is 2.63. The van der Waals surface area contributed by atoms with Crippen molar-refractivity contribution in [1.29, 1.82) is 0 Å². The van der Waals surface area contributed by atoms with E-state index in [0.29, 0.717) is 6.42 Å². The molecule has 0 radical (unpaired) electrons. The van der Waals surface area contributed by atoms with Crippen LogP contribution in [-0.4, -0.2) is 12.3 Å². The van der Waals surface area contributed by atoms with Crippen molar-refractivity contribution in [3.63, 3.8) is 0 Å². The Bertz CT molecular complexity index is 324. The Balaban J connectivity index is 2.88. The molecule has 0 aliphatic carbocycles. The Morgan fingerprint density at radius 1 is 1.40 bits per heavy atom. The summed E-state index contributed by atoms with van der Waals surface area (Å²) in [5.74, 6) is -4.03. The van der Waals surface area contributed by atoms with E-state index in [1.54, 1.807) is 6.07 Å². The van der Waals surface area contributed by atoms with E-state index in [1.807, 2.05) is 6.92 Å². The fraction of sp³-hybridized carbons (Fsp3) is 0.556. The summed E-state index contributed by atoms with van der Waals surface area (Å²) in [4.78, 5) is -0.480. The first-order valence-corrected chi connectivity index (χ1v) is 6.01. The Morgan fingerprint density at radius 3 is 2.40 bits per heavy atom. The van der Waals surface area contributed by atoms with Crippen LogP contribution in [0.5, 0.6) is 0 Å². The zero-order chi connectivity index (χ0) is 11.6. The van der Waals surface area contributed by atoms with Crippen LogP contribution in [0.4, 0.5) is 17.6 Å². The molecule has 0 saturated heterocycles. The molecule has 0 aliphatic rings. The molecular weight excluding hydrogens is 296 g/mol. The number of halogens is 5. The molecule has 0 aliphatic heterocycles. The van der Waals surface area contributed by atoms with Gasteiger partial charge in [-0.25, -0.2) is 8.78 Å². The molecule has 1 aromatic rings. The average molecular weight is 305 g/mol. The highest BCUT2D eigenvalue weighted by Gasteiger charge is 2.48. The Morgan fingerprint density at radius 2 is 2.00 bits per heavy atom. The number of rotatable bonds is 4. The van der Waals surface area contributed by atoms with E-state index in [0.717, 1.165) is 16.2 Å². The van der Waals surface area contributed by atoms with Gasteiger partial charge in [0.05, 0.1) is 0 Å². The first-order chi connectivity index (χ1) is 6.89. The van der Waals surface area contributed by atoms with Gasteiger partial charge < -0.3 is 0 Å². The molecule has 1 aromatic heterocycles. The normalized spacial score (nSPS) is 14.6. The summed E-state index contributed by atoms with van der Waals surface area (Å²) in [5, 5.41) is 0. The molecular formula is C9H9BrF4S. The highest BCUT2D eigenvalue weighted by molar-refractivity contribution is 9.09. The van der Waals surface area contributed by atoms with Crippen LogP contribution >= 0.6 is 27.3 Å². The molecule has 0 spiro atoms. The fourth-order valence-electron chi connectivity index (χ4n) is 1.02. The molecule has 86 valence electrons. The molecule has 0 fully saturated rings. The van der Waals surface area contributed by atoms with Crippen LogP contribution in [0, 0.1) is 0 Å². The van der Waals surface area contributed by atoms with Crippen LogP contribution in [0.3, 0.4) is 0 Å². The lowest BCUT2D eigenvalue weighted by Gasteiger charge is -2.20. The van der Waals surface area contributed by atoms with Gasteiger partial charge in [0.2, 0.25) is 0 Å². The Hall–Kier alpha value is -0.100. The Labute approximate surface area is 97.4 Å². The minimum atomic E-state index is -4.03. The highest BCUT2D eigenvalue weighted by atomic mass is 79.9. The summed E-state index contributed by atoms with van der Waals surface area (Å²) in [6.07, 6.45) is -2.95. The van der Waals surface area contributed by atoms with E-state index in [1.165, 1.54) is 6.07 Å². The molecule has 0 saturated carbocycles. The highest BCUT2D eigenvalue weighted by Crippen LogP contribution is 2.44. The number of hydrogen-bond acceptors (Lipinski definition) is 1. The smallest absolute Gasteiger partial charge is 0.204 e. The van der Waals surface area contributed by atoms with Crippen LogP contribution in [0.2, 0.25) is 0 Å². The maximum absolute atomic E-state index is 12.9. The minimum Gasteiger partial charge on any atom is -0.204 e. The Kier molecular flexibility index (Phi) is 4.17. The van der Waals surface area contributed by atoms with Crippen LogP contribution in [0.25, 0.3) is 0 Å². The van der Waals surface area contributed by atoms with Crippen molar-refractivity contribution in [2.45, 2.75) is 30.5 Å². The van der Waals surface area contributed by atoms with Gasteiger partial charge in [0.25, 0.3) is 0 Å². The summed E-state index contributed by atoms with van der Waals surface area (Å²) in [6, 6.07) is 3.13. The van der Waals surface area contributed by atoms with E-state index in [-0.39, 0.29) is 4.88 Å². The summed E-state index contributed by atoms with van der Waals surface area (Å²) in [7, 11) is 0. The monoisotopic (exact) mass is 304 g/mol. The largest absolute Gasteiger partial charge is 0.324 e. The molecule has 0 amide bonds. The lowest BCUT2D eigenvalue weighted by atomic mass is 10.2. The SMILES string of the molecule is CCc1ccc(C(Br)C(F)(F)C(F)F)s1. The molecule has 1 unspecified atom stereocenters. The number of aryl methyl sites for hydroxylation is 1. The van der Waals surface area contributed by atoms with Gasteiger partial charge in [-0.3, -0.25) is 0 Å². The second-order valence-electron chi connectivity index (χ2n) is 3.00. The molecule has 6 heteroatoms. The van der Waals surface area contributed by atoms with Gasteiger partial charge in [-0.05, 0) is 18.6 Å². The van der Waals surface area contributed by atoms with E-state index < -0.39 is 17.2 Å². The van der Waals surface area contributed by atoms with Gasteiger partial charge in [-0.1, -0.05) is 22.9 Å². The maximum Gasteiger partial charge on any atom is 0.324 e. The molecule has 0 aromatic carbocycles. The summed E-state index contributed by atoms with van der Waals surface area (Å²) < 4.78 is 50.0. The van der Waals surface area contributed by atoms with Crippen molar-refractivity contribution in [3.05, 3.63) is 21.9 Å². The lowest BCUT2D eigenvalue weighted by Crippen LogP contribution is -2.30. The summed E-state index contributed by atoms with van der Waals surface area (Å²) >= 11 is 3.76. The van der Waals surface area contributed by atoms with Crippen molar-refractivity contribution in [3.8, 4) is 0 Å². The maximum atomic E-state index is 12.9. The second kappa shape index (κ2) is 4.82. The van der Waals surface area contributed by atoms with Crippen LogP contribution in [0.1, 0.15) is 21.5 Å². The quantitative estimate of drug-likeness (QED) is 0.561. The molecule has 1 rings (SSSR count). The standard InChI is InChI=1S/C9H9BrF4S/c1-2-5-3-4-6(15-5)7(10)9(13,14)8(11)12/h3-4,7-8H,2H2,1H3. The summed E-state index contributed by atoms with van der Waals surface area (Å²) in [6.45, 7) is 1.88. The third-order valence-corrected chi connectivity index (χ3v) is 4.61. The molecule has 15 heavy (non-hydrogen) atoms. The van der Waals surface area contributed by atoms with Crippen LogP contribution < -0.4 is 0 Å². The molecule has 1 heterocycles. The first-order valence-electron chi connectivity index (χ1n) is 4.28. The predicted octanol–water partition coefficient (Wildman–Crippen LogP) is 4.65. The van der Waals surface area contributed by atoms with Crippen LogP contribution in [-0.2, 0) is 6.42 Å². The second-order valence-corrected chi connectivity index (χ2v) is 5.11. The van der Waals surface area contributed by atoms with E-state index in [9.17, 15) is 17.6 Å². The average Bonchev–Trinajstić information content (AvgIpc) is 2.64. The third kappa shape index (κ3) is 2.72. The first kappa shape index (κ1) is 13.0. The van der Waals surface area contributed by atoms with Gasteiger partial charge in [0.1, 0.15) is 4.83 Å². The van der Waals surface area contributed by atoms with Crippen molar-refractivity contribution < 1.29 is 17.6 Å². The van der Waals surface area contributed by atoms with Gasteiger partial charge in [0, 0.05) is 9.75 Å². The van der Waals surface area contributed by atoms with Crippen LogP contribution in [0.15, 0.2) is 12.1 Å². The van der Waals surface area contributed by atoms with Gasteiger partial charge >= 0.3 is 12.3 Å². The van der Waals surface area contributed by atoms with Crippen molar-refractivity contribution >= 4 is 27.3 Å². The lowest BCUT2D eigenvalue weighted by molar-refractivity contribution is -0.127. The summed E-state index contributed by atoms with van der Waals surface area (Å²) in [5.41, 5.74) is 0. The van der Waals surface area contributed by atoms with Gasteiger partial charge in [-0.15, -0.1) is 11.3 Å². The number of alkyl halides is 5. The molecule has 1 atom stereocenters. The molecule has 0 N–H and O–H groups in total. The molecule has 0 nitrogen and oxygen atoms in total. The molecule has 0 bridgehead atoms. The van der Waals surface area contributed by atoms with Crippen molar-refractivity contribution in [1.82, 2.24) is 0 Å². The number of thiophene rings is 1. The van der Waals surface area contributed by atoms with Gasteiger partial charge in [-0.2, -0.15) is 8.78 Å². The number of hydrogen-bond donors (Lipinski definition) is 0. The zero-order valence-electron chi connectivity index (χ0n) is 7.81. The predicted molar refractivity (Wildman–Crippen MR) is 56.3 cm³/mol. The van der Waals surface area contributed by atoms with E-state index in [2.05, 4.69) is 15.9 Å².